The molecule has 0 atom stereocenters. The minimum atomic E-state index is -3.42. The van der Waals surface area contributed by atoms with Crippen molar-refractivity contribution in [1.29, 1.82) is 0 Å². The lowest BCUT2D eigenvalue weighted by Crippen LogP contribution is -2.03. The van der Waals surface area contributed by atoms with E-state index in [4.69, 9.17) is 8.92 Å². The number of hydrogen-bond donors (Lipinski definition) is 0. The smallest absolute Gasteiger partial charge is 0.264 e. The third-order valence-electron chi connectivity index (χ3n) is 2.81. The summed E-state index contributed by atoms with van der Waals surface area (Å²) in [6.45, 7) is 1.07. The zero-order valence-corrected chi connectivity index (χ0v) is 12.7. The summed E-state index contributed by atoms with van der Waals surface area (Å²) in [5, 5.41) is 0. The van der Waals surface area contributed by atoms with Crippen LogP contribution in [-0.2, 0) is 38.9 Å². The van der Waals surface area contributed by atoms with Gasteiger partial charge in [0.2, 0.25) is 0 Å². The second-order valence-corrected chi connectivity index (χ2v) is 6.41. The van der Waals surface area contributed by atoms with Gasteiger partial charge in [-0.2, -0.15) is 8.42 Å². The molecular formula is C16H18O4S. The van der Waals surface area contributed by atoms with Crippen LogP contribution in [0.1, 0.15) is 16.7 Å². The van der Waals surface area contributed by atoms with Crippen LogP contribution in [0.3, 0.4) is 0 Å². The van der Waals surface area contributed by atoms with E-state index >= 15 is 0 Å². The van der Waals surface area contributed by atoms with Crippen molar-refractivity contribution in [3.8, 4) is 0 Å². The fourth-order valence-corrected chi connectivity index (χ4v) is 2.20. The maximum absolute atomic E-state index is 11.0. The highest BCUT2D eigenvalue weighted by Gasteiger charge is 2.03. The molecule has 0 unspecified atom stereocenters. The molecule has 4 nitrogen and oxygen atoms in total. The van der Waals surface area contributed by atoms with Crippen LogP contribution >= 0.6 is 0 Å². The van der Waals surface area contributed by atoms with Gasteiger partial charge in [-0.15, -0.1) is 0 Å². The van der Waals surface area contributed by atoms with E-state index in [9.17, 15) is 8.42 Å². The van der Waals surface area contributed by atoms with E-state index in [0.717, 1.165) is 22.9 Å². The van der Waals surface area contributed by atoms with Crippen molar-refractivity contribution in [3.63, 3.8) is 0 Å². The molecule has 0 fully saturated rings. The fourth-order valence-electron chi connectivity index (χ4n) is 1.85. The molecule has 0 bridgehead atoms. The molecule has 0 aliphatic heterocycles. The minimum Gasteiger partial charge on any atom is -0.372 e. The summed E-state index contributed by atoms with van der Waals surface area (Å²) < 4.78 is 32.4. The number of rotatable bonds is 7. The molecule has 0 aliphatic carbocycles. The van der Waals surface area contributed by atoms with Gasteiger partial charge in [-0.1, -0.05) is 54.6 Å². The molecule has 0 saturated heterocycles. The average molecular weight is 306 g/mol. The molecule has 21 heavy (non-hydrogen) atoms. The van der Waals surface area contributed by atoms with E-state index in [-0.39, 0.29) is 6.61 Å². The topological polar surface area (TPSA) is 52.6 Å². The van der Waals surface area contributed by atoms with Crippen LogP contribution in [0.15, 0.2) is 54.6 Å². The Kier molecular flexibility index (Phi) is 5.50. The molecule has 2 aromatic rings. The third-order valence-corrected chi connectivity index (χ3v) is 3.36. The first-order valence-electron chi connectivity index (χ1n) is 6.57. The Labute approximate surface area is 125 Å². The SMILES string of the molecule is CS(=O)(=O)OCc1cccc(COCc2ccccc2)c1. The third kappa shape index (κ3) is 6.08. The molecule has 2 rings (SSSR count). The quantitative estimate of drug-likeness (QED) is 0.738. The summed E-state index contributed by atoms with van der Waals surface area (Å²) in [7, 11) is -3.42. The first kappa shape index (κ1) is 15.7. The van der Waals surface area contributed by atoms with E-state index in [2.05, 4.69) is 0 Å². The second-order valence-electron chi connectivity index (χ2n) is 4.76. The molecule has 0 radical (unpaired) electrons. The van der Waals surface area contributed by atoms with E-state index in [1.165, 1.54) is 0 Å². The van der Waals surface area contributed by atoms with Crippen LogP contribution in [0.4, 0.5) is 0 Å². The maximum Gasteiger partial charge on any atom is 0.264 e. The first-order chi connectivity index (χ1) is 10.0. The molecule has 0 aliphatic rings. The fraction of sp³-hybridized carbons (Fsp3) is 0.250. The average Bonchev–Trinajstić information content (AvgIpc) is 2.46. The van der Waals surface area contributed by atoms with Crippen LogP contribution in [-0.4, -0.2) is 14.7 Å². The highest BCUT2D eigenvalue weighted by Crippen LogP contribution is 2.10. The van der Waals surface area contributed by atoms with Crippen molar-refractivity contribution < 1.29 is 17.3 Å². The highest BCUT2D eigenvalue weighted by molar-refractivity contribution is 7.85. The summed E-state index contributed by atoms with van der Waals surface area (Å²) in [5.41, 5.74) is 2.91. The number of benzene rings is 2. The Morgan fingerprint density at radius 1 is 0.810 bits per heavy atom. The molecular weight excluding hydrogens is 288 g/mol. The van der Waals surface area contributed by atoms with E-state index in [1.807, 2.05) is 54.6 Å². The molecule has 0 N–H and O–H groups in total. The van der Waals surface area contributed by atoms with Crippen LogP contribution < -0.4 is 0 Å². The Morgan fingerprint density at radius 2 is 1.38 bits per heavy atom. The van der Waals surface area contributed by atoms with Crippen LogP contribution in [0.25, 0.3) is 0 Å². The Morgan fingerprint density at radius 3 is 2.05 bits per heavy atom. The van der Waals surface area contributed by atoms with Crippen molar-refractivity contribution in [2.24, 2.45) is 0 Å². The maximum atomic E-state index is 11.0. The Balaban J connectivity index is 1.86. The first-order valence-corrected chi connectivity index (χ1v) is 8.38. The lowest BCUT2D eigenvalue weighted by atomic mass is 10.1. The van der Waals surface area contributed by atoms with Gasteiger partial charge in [0, 0.05) is 0 Å². The van der Waals surface area contributed by atoms with Crippen LogP contribution in [0.2, 0.25) is 0 Å². The Bertz CT molecular complexity index is 666. The van der Waals surface area contributed by atoms with Gasteiger partial charge in [-0.3, -0.25) is 4.18 Å². The zero-order valence-electron chi connectivity index (χ0n) is 11.9. The monoisotopic (exact) mass is 306 g/mol. The molecule has 0 amide bonds. The van der Waals surface area contributed by atoms with Gasteiger partial charge in [0.25, 0.3) is 10.1 Å². The lowest BCUT2D eigenvalue weighted by Gasteiger charge is -2.07. The summed E-state index contributed by atoms with van der Waals surface area (Å²) in [4.78, 5) is 0. The van der Waals surface area contributed by atoms with Gasteiger partial charge in [-0.25, -0.2) is 0 Å². The largest absolute Gasteiger partial charge is 0.372 e. The van der Waals surface area contributed by atoms with Gasteiger partial charge in [-0.05, 0) is 16.7 Å². The predicted molar refractivity (Wildman–Crippen MR) is 81.0 cm³/mol. The second kappa shape index (κ2) is 7.36. The summed E-state index contributed by atoms with van der Waals surface area (Å²) in [6, 6.07) is 17.4. The van der Waals surface area contributed by atoms with E-state index in [0.29, 0.717) is 13.2 Å². The number of ether oxygens (including phenoxy) is 1. The van der Waals surface area contributed by atoms with Gasteiger partial charge in [0.1, 0.15) is 0 Å². The molecule has 0 saturated carbocycles. The summed E-state index contributed by atoms with van der Waals surface area (Å²) in [5.74, 6) is 0. The molecule has 0 heterocycles. The molecule has 112 valence electrons. The van der Waals surface area contributed by atoms with Crippen molar-refractivity contribution in [2.45, 2.75) is 19.8 Å². The number of hydrogen-bond acceptors (Lipinski definition) is 4. The molecule has 2 aromatic carbocycles. The lowest BCUT2D eigenvalue weighted by molar-refractivity contribution is 0.107. The van der Waals surface area contributed by atoms with Crippen LogP contribution in [0.5, 0.6) is 0 Å². The highest BCUT2D eigenvalue weighted by atomic mass is 32.2. The van der Waals surface area contributed by atoms with Gasteiger partial charge in [0.05, 0.1) is 26.1 Å². The molecule has 5 heteroatoms. The summed E-state index contributed by atoms with van der Waals surface area (Å²) in [6.07, 6.45) is 1.04. The summed E-state index contributed by atoms with van der Waals surface area (Å²) >= 11 is 0. The van der Waals surface area contributed by atoms with Gasteiger partial charge >= 0.3 is 0 Å². The normalized spacial score (nSPS) is 11.5. The molecule has 0 spiro atoms. The predicted octanol–water partition coefficient (Wildman–Crippen LogP) is 2.88. The zero-order chi connectivity index (χ0) is 15.1. The Hall–Kier alpha value is -1.69. The minimum absolute atomic E-state index is 0.0470. The molecule has 0 aromatic heterocycles. The van der Waals surface area contributed by atoms with Gasteiger partial charge < -0.3 is 4.74 Å². The van der Waals surface area contributed by atoms with E-state index < -0.39 is 10.1 Å². The van der Waals surface area contributed by atoms with Crippen molar-refractivity contribution in [1.82, 2.24) is 0 Å². The van der Waals surface area contributed by atoms with Crippen molar-refractivity contribution in [3.05, 3.63) is 71.3 Å². The standard InChI is InChI=1S/C16H18O4S/c1-21(17,18)20-13-16-9-5-8-15(10-16)12-19-11-14-6-3-2-4-7-14/h2-10H,11-13H2,1H3. The van der Waals surface area contributed by atoms with E-state index in [1.54, 1.807) is 0 Å². The van der Waals surface area contributed by atoms with Crippen LogP contribution in [0, 0.1) is 0 Å². The van der Waals surface area contributed by atoms with Gasteiger partial charge in [0.15, 0.2) is 0 Å². The van der Waals surface area contributed by atoms with Crippen molar-refractivity contribution >= 4 is 10.1 Å². The van der Waals surface area contributed by atoms with Crippen molar-refractivity contribution in [2.75, 3.05) is 6.26 Å².